The Hall–Kier alpha value is -5.94. The molecule has 0 bridgehead atoms. The molecule has 0 spiro atoms. The summed E-state index contributed by atoms with van der Waals surface area (Å²) >= 11 is 0. The fourth-order valence-electron chi connectivity index (χ4n) is 5.77. The van der Waals surface area contributed by atoms with Crippen molar-refractivity contribution < 1.29 is 38.5 Å². The van der Waals surface area contributed by atoms with Gasteiger partial charge in [-0.2, -0.15) is 0 Å². The maximum Gasteiger partial charge on any atom is 0.408 e. The number of allylic oxidation sites excluding steroid dienone is 1. The smallest absolute Gasteiger partial charge is 0.408 e. The van der Waals surface area contributed by atoms with Crippen LogP contribution in [0.2, 0.25) is 0 Å². The number of carbonyl (C=O) groups excluding carboxylic acids is 4. The van der Waals surface area contributed by atoms with Gasteiger partial charge >= 0.3 is 12.1 Å². The van der Waals surface area contributed by atoms with Crippen molar-refractivity contribution >= 4 is 23.9 Å². The second kappa shape index (κ2) is 20.2. The number of hydrogen-bond donors (Lipinski definition) is 4. The Kier molecular flexibility index (Phi) is 14.6. The normalized spacial score (nSPS) is 18.2. The summed E-state index contributed by atoms with van der Waals surface area (Å²) < 4.78 is 17.0. The van der Waals surface area contributed by atoms with Crippen LogP contribution in [-0.2, 0) is 43.5 Å². The summed E-state index contributed by atoms with van der Waals surface area (Å²) in [7, 11) is 0. The summed E-state index contributed by atoms with van der Waals surface area (Å²) in [6.07, 6.45) is 2.26. The number of alkyl carbamates (subject to hydrolysis) is 1. The topological polar surface area (TPSA) is 152 Å². The quantitative estimate of drug-likeness (QED) is 0.107. The van der Waals surface area contributed by atoms with Gasteiger partial charge in [-0.3, -0.25) is 9.59 Å². The number of aliphatic hydroxyl groups excluding tert-OH is 1. The van der Waals surface area contributed by atoms with E-state index in [0.717, 1.165) is 16.7 Å². The van der Waals surface area contributed by atoms with E-state index in [4.69, 9.17) is 14.2 Å². The molecule has 276 valence electrons. The summed E-state index contributed by atoms with van der Waals surface area (Å²) in [6.45, 7) is 0.131. The van der Waals surface area contributed by atoms with Crippen LogP contribution >= 0.6 is 0 Å². The molecule has 4 aromatic carbocycles. The van der Waals surface area contributed by atoms with E-state index in [9.17, 15) is 24.3 Å². The second-order valence-corrected chi connectivity index (χ2v) is 12.8. The molecule has 0 saturated heterocycles. The molecule has 3 amide bonds. The molecule has 5 rings (SSSR count). The van der Waals surface area contributed by atoms with Gasteiger partial charge in [0.2, 0.25) is 11.8 Å². The summed E-state index contributed by atoms with van der Waals surface area (Å²) in [5.74, 6) is -1.50. The van der Waals surface area contributed by atoms with Crippen molar-refractivity contribution in [1.82, 2.24) is 16.0 Å². The number of aliphatic hydroxyl groups is 1. The van der Waals surface area contributed by atoms with E-state index < -0.39 is 36.2 Å². The maximum absolute atomic E-state index is 13.4. The van der Waals surface area contributed by atoms with Gasteiger partial charge in [0.15, 0.2) is 0 Å². The number of benzene rings is 4. The number of carbonyl (C=O) groups is 4. The van der Waals surface area contributed by atoms with E-state index in [2.05, 4.69) is 16.0 Å². The lowest BCUT2D eigenvalue weighted by Crippen LogP contribution is -2.44. The first-order valence-corrected chi connectivity index (χ1v) is 17.7. The zero-order chi connectivity index (χ0) is 37.3. The average Bonchev–Trinajstić information content (AvgIpc) is 3.19. The van der Waals surface area contributed by atoms with Gasteiger partial charge in [0.05, 0.1) is 25.1 Å². The van der Waals surface area contributed by atoms with Crippen LogP contribution in [0.4, 0.5) is 4.79 Å². The average molecular weight is 720 g/mol. The molecular weight excluding hydrogens is 674 g/mol. The summed E-state index contributed by atoms with van der Waals surface area (Å²) in [5.41, 5.74) is 3.40. The fourth-order valence-corrected chi connectivity index (χ4v) is 5.77. The maximum atomic E-state index is 13.4. The lowest BCUT2D eigenvalue weighted by atomic mass is 9.97. The van der Waals surface area contributed by atoms with Crippen LogP contribution in [0.3, 0.4) is 0 Å². The van der Waals surface area contributed by atoms with Gasteiger partial charge in [0, 0.05) is 6.42 Å². The van der Waals surface area contributed by atoms with Crippen molar-refractivity contribution in [3.05, 3.63) is 150 Å². The third-order valence-electron chi connectivity index (χ3n) is 8.68. The molecule has 0 aromatic heterocycles. The molecule has 0 aliphatic carbocycles. The number of cyclic esters (lactones) is 1. The number of amides is 3. The first-order valence-electron chi connectivity index (χ1n) is 17.7. The van der Waals surface area contributed by atoms with E-state index in [0.29, 0.717) is 24.3 Å². The molecule has 1 aliphatic rings. The zero-order valence-corrected chi connectivity index (χ0v) is 29.4. The van der Waals surface area contributed by atoms with Crippen LogP contribution < -0.4 is 20.7 Å². The Bertz CT molecular complexity index is 1790. The number of ether oxygens (including phenoxy) is 3. The van der Waals surface area contributed by atoms with E-state index in [1.165, 1.54) is 0 Å². The van der Waals surface area contributed by atoms with Gasteiger partial charge in [-0.15, -0.1) is 0 Å². The standard InChI is InChI=1S/C42H45N3O8/c46-27-35(24-30-20-22-36(23-21-30)51-28-31-12-4-1-5-13-31)44-39(47)25-34-18-10-11-19-37(45-42(50)52-29-32-14-6-2-7-15-32)41(49)53-38(26-43-40(34)48)33-16-8-3-9-17-33/h1-17,20-23,34-35,37-38,46H,18-19,24-29H2,(H,43,48)(H,44,47)(H,45,50). The highest BCUT2D eigenvalue weighted by Gasteiger charge is 2.29. The predicted octanol–water partition coefficient (Wildman–Crippen LogP) is 5.34. The van der Waals surface area contributed by atoms with E-state index >= 15 is 0 Å². The van der Waals surface area contributed by atoms with Crippen molar-refractivity contribution in [3.63, 3.8) is 0 Å². The molecule has 4 aromatic rings. The van der Waals surface area contributed by atoms with E-state index in [1.807, 2.05) is 91.0 Å². The molecule has 4 unspecified atom stereocenters. The second-order valence-electron chi connectivity index (χ2n) is 12.8. The summed E-state index contributed by atoms with van der Waals surface area (Å²) in [6, 6.07) is 33.8. The third-order valence-corrected chi connectivity index (χ3v) is 8.68. The minimum atomic E-state index is -1.06. The van der Waals surface area contributed by atoms with Crippen molar-refractivity contribution in [2.75, 3.05) is 13.2 Å². The van der Waals surface area contributed by atoms with E-state index in [-0.39, 0.29) is 50.8 Å². The highest BCUT2D eigenvalue weighted by Crippen LogP contribution is 2.21. The van der Waals surface area contributed by atoms with Gasteiger partial charge in [0.1, 0.15) is 31.1 Å². The van der Waals surface area contributed by atoms with Crippen molar-refractivity contribution in [2.45, 2.75) is 57.1 Å². The van der Waals surface area contributed by atoms with E-state index in [1.54, 1.807) is 36.4 Å². The number of nitrogens with one attached hydrogen (secondary N) is 3. The Morgan fingerprint density at radius 1 is 0.792 bits per heavy atom. The predicted molar refractivity (Wildman–Crippen MR) is 198 cm³/mol. The van der Waals surface area contributed by atoms with Crippen LogP contribution in [0.1, 0.15) is 47.6 Å². The number of esters is 1. The lowest BCUT2D eigenvalue weighted by Gasteiger charge is -2.25. The lowest BCUT2D eigenvalue weighted by molar-refractivity contribution is -0.152. The summed E-state index contributed by atoms with van der Waals surface area (Å²) in [5, 5.41) is 18.4. The van der Waals surface area contributed by atoms with Crippen molar-refractivity contribution in [3.8, 4) is 5.75 Å². The molecule has 0 fully saturated rings. The first kappa shape index (κ1) is 38.3. The van der Waals surface area contributed by atoms with Crippen LogP contribution in [0.25, 0.3) is 0 Å². The van der Waals surface area contributed by atoms with Gasteiger partial charge in [-0.25, -0.2) is 9.59 Å². The third kappa shape index (κ3) is 12.7. The van der Waals surface area contributed by atoms with Gasteiger partial charge < -0.3 is 35.3 Å². The highest BCUT2D eigenvalue weighted by atomic mass is 16.6. The molecule has 0 radical (unpaired) electrons. The molecular formula is C42H45N3O8. The van der Waals surface area contributed by atoms with Crippen LogP contribution in [0.15, 0.2) is 127 Å². The number of rotatable bonds is 13. The monoisotopic (exact) mass is 719 g/mol. The van der Waals surface area contributed by atoms with Gasteiger partial charge in [0.25, 0.3) is 0 Å². The molecule has 53 heavy (non-hydrogen) atoms. The Balaban J connectivity index is 1.20. The molecule has 1 heterocycles. The Morgan fingerprint density at radius 3 is 2.08 bits per heavy atom. The molecule has 1 aliphatic heterocycles. The van der Waals surface area contributed by atoms with Crippen LogP contribution in [-0.4, -0.2) is 54.2 Å². The minimum Gasteiger partial charge on any atom is -0.489 e. The van der Waals surface area contributed by atoms with Crippen LogP contribution in [0.5, 0.6) is 5.75 Å². The Morgan fingerprint density at radius 2 is 1.42 bits per heavy atom. The van der Waals surface area contributed by atoms with Gasteiger partial charge in [-0.05, 0) is 53.6 Å². The van der Waals surface area contributed by atoms with Crippen molar-refractivity contribution in [1.29, 1.82) is 0 Å². The molecule has 4 atom stereocenters. The largest absolute Gasteiger partial charge is 0.489 e. The molecule has 0 saturated carbocycles. The van der Waals surface area contributed by atoms with Crippen LogP contribution in [0, 0.1) is 5.92 Å². The zero-order valence-electron chi connectivity index (χ0n) is 29.4. The molecule has 11 heteroatoms. The number of hydrogen-bond acceptors (Lipinski definition) is 8. The molecule has 4 N–H and O–H groups in total. The molecule has 11 nitrogen and oxygen atoms in total. The summed E-state index contributed by atoms with van der Waals surface area (Å²) in [4.78, 5) is 52.8. The SMILES string of the molecule is O=C(CC1CC=CCC(NC(=O)OCc2ccccc2)C(=O)OC(c2ccccc2)CNC1=O)NC(CO)Cc1ccc(OCc2ccccc2)cc1. The minimum absolute atomic E-state index is 0.0280. The Labute approximate surface area is 309 Å². The highest BCUT2D eigenvalue weighted by molar-refractivity contribution is 5.86. The van der Waals surface area contributed by atoms with Gasteiger partial charge in [-0.1, -0.05) is 115 Å². The first-order chi connectivity index (χ1) is 25.9. The fraction of sp³-hybridized carbons (Fsp3) is 0.286. The van der Waals surface area contributed by atoms with Crippen molar-refractivity contribution in [2.24, 2.45) is 5.92 Å².